The maximum absolute atomic E-state index is 12.6. The molecular formula is C22H19N3O4. The van der Waals surface area contributed by atoms with Crippen molar-refractivity contribution in [2.75, 3.05) is 7.11 Å². The maximum Gasteiger partial charge on any atom is 0.340 e. The summed E-state index contributed by atoms with van der Waals surface area (Å²) in [6, 6.07) is 14.0. The highest BCUT2D eigenvalue weighted by molar-refractivity contribution is 5.95. The molecule has 7 heteroatoms. The van der Waals surface area contributed by atoms with E-state index in [1.807, 2.05) is 37.3 Å². The third-order valence-corrected chi connectivity index (χ3v) is 4.72. The molecule has 0 aliphatic heterocycles. The van der Waals surface area contributed by atoms with Crippen LogP contribution >= 0.6 is 0 Å². The first-order valence-corrected chi connectivity index (χ1v) is 9.07. The number of aryl methyl sites for hydroxylation is 2. The molecule has 0 amide bonds. The van der Waals surface area contributed by atoms with Crippen LogP contribution in [0, 0.1) is 13.8 Å². The largest absolute Gasteiger partial charge is 0.497 e. The predicted octanol–water partition coefficient (Wildman–Crippen LogP) is 3.23. The molecule has 146 valence electrons. The van der Waals surface area contributed by atoms with E-state index >= 15 is 0 Å². The Labute approximate surface area is 166 Å². The highest BCUT2D eigenvalue weighted by Crippen LogP contribution is 2.22. The summed E-state index contributed by atoms with van der Waals surface area (Å²) in [7, 11) is 1.59. The van der Waals surface area contributed by atoms with Crippen molar-refractivity contribution in [1.29, 1.82) is 0 Å². The Morgan fingerprint density at radius 3 is 2.69 bits per heavy atom. The zero-order valence-corrected chi connectivity index (χ0v) is 16.3. The van der Waals surface area contributed by atoms with Gasteiger partial charge in [-0.2, -0.15) is 0 Å². The van der Waals surface area contributed by atoms with Gasteiger partial charge in [0.2, 0.25) is 0 Å². The first-order valence-electron chi connectivity index (χ1n) is 9.07. The summed E-state index contributed by atoms with van der Waals surface area (Å²) in [4.78, 5) is 33.8. The topological polar surface area (TPSA) is 82.8 Å². The molecule has 1 aromatic carbocycles. The summed E-state index contributed by atoms with van der Waals surface area (Å²) in [5.74, 6) is 0.183. The van der Waals surface area contributed by atoms with Crippen LogP contribution < -0.4 is 10.3 Å². The molecule has 0 saturated carbocycles. The second kappa shape index (κ2) is 7.35. The monoisotopic (exact) mass is 389 g/mol. The highest BCUT2D eigenvalue weighted by atomic mass is 16.5. The molecule has 3 aromatic heterocycles. The summed E-state index contributed by atoms with van der Waals surface area (Å²) < 4.78 is 12.1. The first-order chi connectivity index (χ1) is 14.0. The van der Waals surface area contributed by atoms with Gasteiger partial charge in [0.15, 0.2) is 0 Å². The van der Waals surface area contributed by atoms with E-state index in [0.29, 0.717) is 28.3 Å². The fraction of sp³-hybridized carbons (Fsp3) is 0.182. The van der Waals surface area contributed by atoms with Crippen molar-refractivity contribution in [1.82, 2.24) is 14.4 Å². The van der Waals surface area contributed by atoms with Gasteiger partial charge in [-0.05, 0) is 44.2 Å². The molecule has 0 aliphatic rings. The van der Waals surface area contributed by atoms with Crippen LogP contribution in [0.2, 0.25) is 0 Å². The number of hydrogen-bond acceptors (Lipinski definition) is 6. The van der Waals surface area contributed by atoms with Crippen molar-refractivity contribution in [2.45, 2.75) is 20.5 Å². The van der Waals surface area contributed by atoms with Gasteiger partial charge in [-0.15, -0.1) is 0 Å². The number of fused-ring (bicyclic) bond motifs is 2. The van der Waals surface area contributed by atoms with E-state index in [0.717, 1.165) is 16.6 Å². The normalized spacial score (nSPS) is 11.0. The van der Waals surface area contributed by atoms with E-state index in [-0.39, 0.29) is 12.2 Å². The Bertz CT molecular complexity index is 1310. The molecule has 0 N–H and O–H groups in total. The van der Waals surface area contributed by atoms with E-state index < -0.39 is 5.97 Å². The maximum atomic E-state index is 12.6. The number of benzene rings is 1. The average molecular weight is 389 g/mol. The summed E-state index contributed by atoms with van der Waals surface area (Å²) in [5, 5.41) is 0.806. The van der Waals surface area contributed by atoms with Crippen LogP contribution in [0.15, 0.2) is 53.3 Å². The number of pyridine rings is 2. The van der Waals surface area contributed by atoms with Crippen LogP contribution in [0.5, 0.6) is 5.75 Å². The van der Waals surface area contributed by atoms with Crippen LogP contribution in [0.1, 0.15) is 27.4 Å². The SMILES string of the molecule is COc1ccc2cc(C(=O)OCc3cc(=O)n4c(C)cccc4n3)c(C)nc2c1. The number of rotatable bonds is 4. The van der Waals surface area contributed by atoms with Crippen LogP contribution in [-0.2, 0) is 11.3 Å². The molecule has 4 aromatic rings. The molecule has 0 fully saturated rings. The predicted molar refractivity (Wildman–Crippen MR) is 108 cm³/mol. The molecule has 29 heavy (non-hydrogen) atoms. The third kappa shape index (κ3) is 3.54. The number of carbonyl (C=O) groups excluding carboxylic acids is 1. The lowest BCUT2D eigenvalue weighted by Crippen LogP contribution is -2.18. The van der Waals surface area contributed by atoms with E-state index in [9.17, 15) is 9.59 Å². The number of ether oxygens (including phenoxy) is 2. The van der Waals surface area contributed by atoms with Gasteiger partial charge in [-0.1, -0.05) is 6.07 Å². The lowest BCUT2D eigenvalue weighted by molar-refractivity contribution is 0.0466. The van der Waals surface area contributed by atoms with E-state index in [1.54, 1.807) is 26.2 Å². The molecule has 3 heterocycles. The zero-order valence-electron chi connectivity index (χ0n) is 16.3. The van der Waals surface area contributed by atoms with Gasteiger partial charge in [0.05, 0.1) is 29.6 Å². The van der Waals surface area contributed by atoms with E-state index in [4.69, 9.17) is 9.47 Å². The second-order valence-electron chi connectivity index (χ2n) is 6.70. The second-order valence-corrected chi connectivity index (χ2v) is 6.70. The van der Waals surface area contributed by atoms with Crippen LogP contribution in [0.25, 0.3) is 16.6 Å². The molecule has 0 spiro atoms. The molecule has 0 aliphatic carbocycles. The van der Waals surface area contributed by atoms with Crippen molar-refractivity contribution < 1.29 is 14.3 Å². The Morgan fingerprint density at radius 1 is 1.07 bits per heavy atom. The van der Waals surface area contributed by atoms with Crippen molar-refractivity contribution >= 4 is 22.5 Å². The zero-order chi connectivity index (χ0) is 20.5. The van der Waals surface area contributed by atoms with Gasteiger partial charge in [-0.25, -0.2) is 9.78 Å². The van der Waals surface area contributed by atoms with Crippen molar-refractivity contribution in [3.63, 3.8) is 0 Å². The lowest BCUT2D eigenvalue weighted by Gasteiger charge is -2.10. The number of nitrogens with zero attached hydrogens (tertiary/aromatic N) is 3. The molecule has 7 nitrogen and oxygen atoms in total. The number of carbonyl (C=O) groups is 1. The first kappa shape index (κ1) is 18.6. The molecule has 4 rings (SSSR count). The number of hydrogen-bond donors (Lipinski definition) is 0. The Kier molecular flexibility index (Phi) is 4.72. The number of aromatic nitrogens is 3. The van der Waals surface area contributed by atoms with Crippen molar-refractivity contribution in [3.8, 4) is 5.75 Å². The molecule has 0 atom stereocenters. The molecule has 0 radical (unpaired) electrons. The van der Waals surface area contributed by atoms with Crippen LogP contribution in [-0.4, -0.2) is 27.4 Å². The molecule has 0 saturated heterocycles. The quantitative estimate of drug-likeness (QED) is 0.499. The lowest BCUT2D eigenvalue weighted by atomic mass is 10.1. The third-order valence-electron chi connectivity index (χ3n) is 4.72. The highest BCUT2D eigenvalue weighted by Gasteiger charge is 2.15. The van der Waals surface area contributed by atoms with Gasteiger partial charge in [0, 0.05) is 23.2 Å². The number of methoxy groups -OCH3 is 1. The fourth-order valence-corrected chi connectivity index (χ4v) is 3.23. The summed E-state index contributed by atoms with van der Waals surface area (Å²) >= 11 is 0. The van der Waals surface area contributed by atoms with Crippen molar-refractivity contribution in [3.05, 3.63) is 81.5 Å². The number of esters is 1. The summed E-state index contributed by atoms with van der Waals surface area (Å²) in [6.07, 6.45) is 0. The molecular weight excluding hydrogens is 370 g/mol. The molecule has 0 unspecified atom stereocenters. The van der Waals surface area contributed by atoms with Crippen LogP contribution in [0.4, 0.5) is 0 Å². The summed E-state index contributed by atoms with van der Waals surface area (Å²) in [5.41, 5.74) is 3.15. The average Bonchev–Trinajstić information content (AvgIpc) is 2.70. The van der Waals surface area contributed by atoms with E-state index in [2.05, 4.69) is 9.97 Å². The van der Waals surface area contributed by atoms with Crippen LogP contribution in [0.3, 0.4) is 0 Å². The smallest absolute Gasteiger partial charge is 0.340 e. The minimum Gasteiger partial charge on any atom is -0.497 e. The Morgan fingerprint density at radius 2 is 1.90 bits per heavy atom. The fourth-order valence-electron chi connectivity index (χ4n) is 3.23. The Balaban J connectivity index is 1.59. The van der Waals surface area contributed by atoms with Gasteiger partial charge >= 0.3 is 5.97 Å². The van der Waals surface area contributed by atoms with Gasteiger partial charge in [0.1, 0.15) is 18.0 Å². The molecule has 0 bridgehead atoms. The standard InChI is InChI=1S/C22H19N3O4/c1-13-5-4-6-20-24-16(10-21(26)25(13)20)12-29-22(27)18-9-15-7-8-17(28-3)11-19(15)23-14(18)2/h4-11H,12H2,1-3H3. The van der Waals surface area contributed by atoms with Crippen molar-refractivity contribution in [2.24, 2.45) is 0 Å². The van der Waals surface area contributed by atoms with Gasteiger partial charge in [0.25, 0.3) is 5.56 Å². The van der Waals surface area contributed by atoms with E-state index in [1.165, 1.54) is 10.5 Å². The minimum atomic E-state index is -0.515. The van der Waals surface area contributed by atoms with Gasteiger partial charge < -0.3 is 9.47 Å². The van der Waals surface area contributed by atoms with Gasteiger partial charge in [-0.3, -0.25) is 14.2 Å². The Hall–Kier alpha value is -3.74. The summed E-state index contributed by atoms with van der Waals surface area (Å²) in [6.45, 7) is 3.48. The minimum absolute atomic E-state index is 0.0986.